The van der Waals surface area contributed by atoms with Crippen molar-refractivity contribution in [2.45, 2.75) is 76.5 Å². The van der Waals surface area contributed by atoms with Gasteiger partial charge < -0.3 is 5.11 Å². The van der Waals surface area contributed by atoms with E-state index in [-0.39, 0.29) is 17.4 Å². The van der Waals surface area contributed by atoms with Crippen LogP contribution in [0, 0.1) is 11.3 Å². The summed E-state index contributed by atoms with van der Waals surface area (Å²) in [4.78, 5) is 0. The Kier molecular flexibility index (Phi) is 8.77. The average molecular weight is 309 g/mol. The van der Waals surface area contributed by atoms with Crippen LogP contribution in [0.5, 0.6) is 0 Å². The summed E-state index contributed by atoms with van der Waals surface area (Å²) in [6, 6.07) is 0. The Balaban J connectivity index is 2.68. The first kappa shape index (κ1) is 17.6. The lowest BCUT2D eigenvalue weighted by Gasteiger charge is -2.44. The van der Waals surface area contributed by atoms with E-state index in [1.54, 1.807) is 0 Å². The summed E-state index contributed by atoms with van der Waals surface area (Å²) in [6.07, 6.45) is 12.3. The highest BCUT2D eigenvalue weighted by molar-refractivity contribution is 6.28. The summed E-state index contributed by atoms with van der Waals surface area (Å²) < 4.78 is 0. The molecule has 1 saturated carbocycles. The van der Waals surface area contributed by atoms with Gasteiger partial charge in [0.05, 0.1) is 12.0 Å². The molecular formula is C16H30Cl2O. The maximum Gasteiger partial charge on any atom is 0.0552 e. The van der Waals surface area contributed by atoms with Crippen molar-refractivity contribution < 1.29 is 5.11 Å². The number of aliphatic hydroxyl groups is 1. The topological polar surface area (TPSA) is 20.2 Å². The highest BCUT2D eigenvalue weighted by Gasteiger charge is 2.43. The Bertz CT molecular complexity index is 229. The maximum absolute atomic E-state index is 10.0. The number of unbranched alkanes of at least 4 members (excludes halogenated alkanes) is 3. The van der Waals surface area contributed by atoms with Crippen LogP contribution in [-0.2, 0) is 0 Å². The van der Waals surface area contributed by atoms with Crippen molar-refractivity contribution in [2.75, 3.05) is 12.5 Å². The molecule has 1 nitrogen and oxygen atoms in total. The van der Waals surface area contributed by atoms with Gasteiger partial charge in [0.25, 0.3) is 0 Å². The van der Waals surface area contributed by atoms with Gasteiger partial charge in [-0.1, -0.05) is 51.9 Å². The lowest BCUT2D eigenvalue weighted by Crippen LogP contribution is -2.44. The molecule has 2 atom stereocenters. The van der Waals surface area contributed by atoms with Crippen molar-refractivity contribution in [1.29, 1.82) is 0 Å². The zero-order valence-electron chi connectivity index (χ0n) is 12.3. The van der Waals surface area contributed by atoms with Crippen LogP contribution in [0.3, 0.4) is 0 Å². The van der Waals surface area contributed by atoms with E-state index in [4.69, 9.17) is 23.2 Å². The molecule has 0 saturated heterocycles. The molecule has 1 N–H and O–H groups in total. The Morgan fingerprint density at radius 1 is 1.16 bits per heavy atom. The minimum atomic E-state index is -0.141. The molecule has 1 fully saturated rings. The molecule has 19 heavy (non-hydrogen) atoms. The van der Waals surface area contributed by atoms with Gasteiger partial charge in [-0.25, -0.2) is 0 Å². The molecule has 0 bridgehead atoms. The Morgan fingerprint density at radius 3 is 2.37 bits per heavy atom. The summed E-state index contributed by atoms with van der Waals surface area (Å²) in [6.45, 7) is 2.42. The van der Waals surface area contributed by atoms with Crippen LogP contribution >= 0.6 is 23.2 Å². The molecule has 0 heterocycles. The number of hydrogen-bond acceptors (Lipinski definition) is 1. The van der Waals surface area contributed by atoms with Gasteiger partial charge in [-0.2, -0.15) is 0 Å². The first-order chi connectivity index (χ1) is 9.21. The molecule has 1 aliphatic carbocycles. The SMILES string of the molecule is CCCCCCC(CO)(C(Cl)CCl)C1CCCCC1. The van der Waals surface area contributed by atoms with Crippen molar-refractivity contribution in [1.82, 2.24) is 0 Å². The normalized spacial score (nSPS) is 22.1. The van der Waals surface area contributed by atoms with Crippen LogP contribution in [-0.4, -0.2) is 23.0 Å². The minimum Gasteiger partial charge on any atom is -0.396 e. The van der Waals surface area contributed by atoms with Gasteiger partial charge in [0.15, 0.2) is 0 Å². The Hall–Kier alpha value is 0.540. The molecule has 0 aliphatic heterocycles. The number of halogens is 2. The van der Waals surface area contributed by atoms with Crippen molar-refractivity contribution >= 4 is 23.2 Å². The van der Waals surface area contributed by atoms with Gasteiger partial charge in [0.2, 0.25) is 0 Å². The third kappa shape index (κ3) is 4.79. The molecule has 0 spiro atoms. The average Bonchev–Trinajstić information content (AvgIpc) is 2.48. The highest BCUT2D eigenvalue weighted by Crippen LogP contribution is 2.46. The largest absolute Gasteiger partial charge is 0.396 e. The summed E-state index contributed by atoms with van der Waals surface area (Å²) in [7, 11) is 0. The second-order valence-electron chi connectivity index (χ2n) is 6.16. The summed E-state index contributed by atoms with van der Waals surface area (Å²) in [5.41, 5.74) is -0.141. The molecule has 3 heteroatoms. The zero-order chi connectivity index (χ0) is 14.1. The zero-order valence-corrected chi connectivity index (χ0v) is 13.9. The number of aliphatic hydroxyl groups excluding tert-OH is 1. The van der Waals surface area contributed by atoms with E-state index in [1.165, 1.54) is 57.8 Å². The molecule has 1 rings (SSSR count). The Morgan fingerprint density at radius 2 is 1.84 bits per heavy atom. The van der Waals surface area contributed by atoms with E-state index in [1.807, 2.05) is 0 Å². The van der Waals surface area contributed by atoms with E-state index >= 15 is 0 Å². The van der Waals surface area contributed by atoms with Gasteiger partial charge in [0.1, 0.15) is 0 Å². The molecule has 0 radical (unpaired) electrons. The predicted molar refractivity (Wildman–Crippen MR) is 85.2 cm³/mol. The fourth-order valence-electron chi connectivity index (χ4n) is 3.64. The molecule has 114 valence electrons. The van der Waals surface area contributed by atoms with E-state index in [0.29, 0.717) is 11.8 Å². The number of alkyl halides is 2. The van der Waals surface area contributed by atoms with Crippen LogP contribution in [0.25, 0.3) is 0 Å². The fourth-order valence-corrected chi connectivity index (χ4v) is 4.30. The van der Waals surface area contributed by atoms with E-state index in [2.05, 4.69) is 6.92 Å². The molecule has 0 aromatic rings. The Labute approximate surface area is 129 Å². The van der Waals surface area contributed by atoms with E-state index < -0.39 is 0 Å². The minimum absolute atomic E-state index is 0.0936. The molecule has 0 aromatic heterocycles. The quantitative estimate of drug-likeness (QED) is 0.449. The lowest BCUT2D eigenvalue weighted by atomic mass is 9.65. The fraction of sp³-hybridized carbons (Fsp3) is 1.00. The third-order valence-electron chi connectivity index (χ3n) is 4.97. The van der Waals surface area contributed by atoms with Gasteiger partial charge in [-0.05, 0) is 25.2 Å². The third-order valence-corrected chi connectivity index (χ3v) is 6.02. The van der Waals surface area contributed by atoms with Crippen LogP contribution < -0.4 is 0 Å². The lowest BCUT2D eigenvalue weighted by molar-refractivity contribution is 0.0295. The van der Waals surface area contributed by atoms with E-state index in [0.717, 1.165) is 6.42 Å². The predicted octanol–water partition coefficient (Wildman–Crippen LogP) is 5.36. The second-order valence-corrected chi connectivity index (χ2v) is 6.99. The molecule has 1 aliphatic rings. The number of rotatable bonds is 9. The van der Waals surface area contributed by atoms with Gasteiger partial charge in [0, 0.05) is 11.3 Å². The van der Waals surface area contributed by atoms with Gasteiger partial charge in [-0.15, -0.1) is 23.2 Å². The van der Waals surface area contributed by atoms with Crippen LogP contribution in [0.1, 0.15) is 71.1 Å². The van der Waals surface area contributed by atoms with Gasteiger partial charge in [-0.3, -0.25) is 0 Å². The molecule has 2 unspecified atom stereocenters. The second kappa shape index (κ2) is 9.47. The van der Waals surface area contributed by atoms with Crippen molar-refractivity contribution in [2.24, 2.45) is 11.3 Å². The monoisotopic (exact) mass is 308 g/mol. The maximum atomic E-state index is 10.0. The number of hydrogen-bond donors (Lipinski definition) is 1. The first-order valence-electron chi connectivity index (χ1n) is 8.02. The van der Waals surface area contributed by atoms with E-state index in [9.17, 15) is 5.11 Å². The summed E-state index contributed by atoms with van der Waals surface area (Å²) in [5, 5.41) is 9.95. The highest BCUT2D eigenvalue weighted by atomic mass is 35.5. The molecule has 0 aromatic carbocycles. The summed E-state index contributed by atoms with van der Waals surface area (Å²) >= 11 is 12.6. The first-order valence-corrected chi connectivity index (χ1v) is 8.99. The smallest absolute Gasteiger partial charge is 0.0552 e. The van der Waals surface area contributed by atoms with Crippen molar-refractivity contribution in [3.05, 3.63) is 0 Å². The van der Waals surface area contributed by atoms with Crippen LogP contribution in [0.15, 0.2) is 0 Å². The summed E-state index contributed by atoms with van der Waals surface area (Å²) in [5.74, 6) is 1.01. The standard InChI is InChI=1S/C16H30Cl2O/c1-2-3-4-8-11-16(13-19,15(18)12-17)14-9-6-5-7-10-14/h14-15,19H,2-13H2,1H3. The molecule has 0 amide bonds. The van der Waals surface area contributed by atoms with Crippen LogP contribution in [0.2, 0.25) is 0 Å². The van der Waals surface area contributed by atoms with Crippen molar-refractivity contribution in [3.8, 4) is 0 Å². The van der Waals surface area contributed by atoms with Crippen molar-refractivity contribution in [3.63, 3.8) is 0 Å². The van der Waals surface area contributed by atoms with Crippen LogP contribution in [0.4, 0.5) is 0 Å². The molecular weight excluding hydrogens is 279 g/mol. The van der Waals surface area contributed by atoms with Gasteiger partial charge >= 0.3 is 0 Å².